The van der Waals surface area contributed by atoms with Crippen LogP contribution in [-0.2, 0) is 13.6 Å². The molecule has 1 N–H and O–H groups in total. The second-order valence-electron chi connectivity index (χ2n) is 3.84. The summed E-state index contributed by atoms with van der Waals surface area (Å²) in [5.41, 5.74) is 2.38. The molecule has 0 amide bonds. The smallest absolute Gasteiger partial charge is 0.0547 e. The standard InChI is InChI=1S/C12H16N4/c1-10(12-5-7-15-16(12)2)14-9-11-4-3-6-13-8-11/h3-8,10,14H,9H2,1-2H3. The van der Waals surface area contributed by atoms with E-state index in [1.165, 1.54) is 11.3 Å². The van der Waals surface area contributed by atoms with Crippen LogP contribution < -0.4 is 5.32 Å². The number of hydrogen-bond donors (Lipinski definition) is 1. The van der Waals surface area contributed by atoms with Crippen LogP contribution in [0.1, 0.15) is 24.2 Å². The van der Waals surface area contributed by atoms with Gasteiger partial charge in [-0.05, 0) is 24.6 Å². The molecule has 0 fully saturated rings. The Morgan fingerprint density at radius 1 is 1.38 bits per heavy atom. The fourth-order valence-electron chi connectivity index (χ4n) is 1.69. The molecule has 0 saturated heterocycles. The van der Waals surface area contributed by atoms with E-state index < -0.39 is 0 Å². The van der Waals surface area contributed by atoms with E-state index in [9.17, 15) is 0 Å². The molecule has 1 unspecified atom stereocenters. The number of pyridine rings is 1. The van der Waals surface area contributed by atoms with Gasteiger partial charge in [-0.25, -0.2) is 0 Å². The molecule has 0 aliphatic rings. The van der Waals surface area contributed by atoms with Gasteiger partial charge < -0.3 is 5.32 Å². The monoisotopic (exact) mass is 216 g/mol. The van der Waals surface area contributed by atoms with Gasteiger partial charge in [0.1, 0.15) is 0 Å². The first-order chi connectivity index (χ1) is 7.77. The summed E-state index contributed by atoms with van der Waals surface area (Å²) in [5.74, 6) is 0. The third-order valence-electron chi connectivity index (χ3n) is 2.64. The molecule has 2 heterocycles. The lowest BCUT2D eigenvalue weighted by Gasteiger charge is -2.13. The van der Waals surface area contributed by atoms with Gasteiger partial charge in [0.15, 0.2) is 0 Å². The minimum absolute atomic E-state index is 0.285. The molecule has 0 saturated carbocycles. The maximum atomic E-state index is 4.16. The summed E-state index contributed by atoms with van der Waals surface area (Å²) in [6.07, 6.45) is 5.48. The largest absolute Gasteiger partial charge is 0.305 e. The van der Waals surface area contributed by atoms with Crippen molar-refractivity contribution < 1.29 is 0 Å². The molecule has 1 atom stereocenters. The van der Waals surface area contributed by atoms with E-state index in [0.29, 0.717) is 0 Å². The predicted molar refractivity (Wildman–Crippen MR) is 62.7 cm³/mol. The van der Waals surface area contributed by atoms with E-state index >= 15 is 0 Å². The zero-order valence-electron chi connectivity index (χ0n) is 9.59. The summed E-state index contributed by atoms with van der Waals surface area (Å²) in [5, 5.41) is 7.60. The van der Waals surface area contributed by atoms with E-state index in [2.05, 4.69) is 28.4 Å². The fourth-order valence-corrected chi connectivity index (χ4v) is 1.69. The van der Waals surface area contributed by atoms with E-state index in [0.717, 1.165) is 6.54 Å². The number of nitrogens with zero attached hydrogens (tertiary/aromatic N) is 3. The van der Waals surface area contributed by atoms with Crippen molar-refractivity contribution in [3.8, 4) is 0 Å². The molecule has 0 aliphatic heterocycles. The third-order valence-corrected chi connectivity index (χ3v) is 2.64. The van der Waals surface area contributed by atoms with Crippen molar-refractivity contribution in [2.24, 2.45) is 7.05 Å². The van der Waals surface area contributed by atoms with E-state index in [-0.39, 0.29) is 6.04 Å². The van der Waals surface area contributed by atoms with Crippen LogP contribution >= 0.6 is 0 Å². The predicted octanol–water partition coefficient (Wildman–Crippen LogP) is 1.67. The highest BCUT2D eigenvalue weighted by Crippen LogP contribution is 2.10. The van der Waals surface area contributed by atoms with Gasteiger partial charge in [-0.15, -0.1) is 0 Å². The van der Waals surface area contributed by atoms with Gasteiger partial charge in [-0.1, -0.05) is 6.07 Å². The molecule has 0 spiro atoms. The molecule has 4 heteroatoms. The van der Waals surface area contributed by atoms with Gasteiger partial charge in [0.05, 0.1) is 5.69 Å². The lowest BCUT2D eigenvalue weighted by molar-refractivity contribution is 0.529. The van der Waals surface area contributed by atoms with Crippen molar-refractivity contribution in [1.82, 2.24) is 20.1 Å². The second kappa shape index (κ2) is 4.90. The van der Waals surface area contributed by atoms with E-state index in [1.54, 1.807) is 6.20 Å². The summed E-state index contributed by atoms with van der Waals surface area (Å²) in [6.45, 7) is 2.95. The normalized spacial score (nSPS) is 12.6. The number of aromatic nitrogens is 3. The van der Waals surface area contributed by atoms with Crippen molar-refractivity contribution in [1.29, 1.82) is 0 Å². The number of hydrogen-bond acceptors (Lipinski definition) is 3. The molecule has 2 aromatic rings. The quantitative estimate of drug-likeness (QED) is 0.845. The number of aryl methyl sites for hydroxylation is 1. The molecular formula is C12H16N4. The number of nitrogens with one attached hydrogen (secondary N) is 1. The Morgan fingerprint density at radius 3 is 2.88 bits per heavy atom. The fraction of sp³-hybridized carbons (Fsp3) is 0.333. The second-order valence-corrected chi connectivity index (χ2v) is 3.84. The summed E-state index contributed by atoms with van der Waals surface area (Å²) >= 11 is 0. The number of rotatable bonds is 4. The molecule has 0 aromatic carbocycles. The van der Waals surface area contributed by atoms with Crippen LogP contribution in [0, 0.1) is 0 Å². The summed E-state index contributed by atoms with van der Waals surface area (Å²) in [7, 11) is 1.96. The zero-order valence-corrected chi connectivity index (χ0v) is 9.59. The summed E-state index contributed by atoms with van der Waals surface area (Å²) < 4.78 is 1.89. The maximum Gasteiger partial charge on any atom is 0.0547 e. The Labute approximate surface area is 95.3 Å². The van der Waals surface area contributed by atoms with Gasteiger partial charge in [-0.2, -0.15) is 5.10 Å². The van der Waals surface area contributed by atoms with Gasteiger partial charge >= 0.3 is 0 Å². The van der Waals surface area contributed by atoms with Crippen molar-refractivity contribution >= 4 is 0 Å². The first-order valence-corrected chi connectivity index (χ1v) is 5.37. The van der Waals surface area contributed by atoms with Gasteiger partial charge in [-0.3, -0.25) is 9.67 Å². The first-order valence-electron chi connectivity index (χ1n) is 5.37. The van der Waals surface area contributed by atoms with Crippen LogP contribution in [-0.4, -0.2) is 14.8 Å². The third kappa shape index (κ3) is 2.46. The molecule has 16 heavy (non-hydrogen) atoms. The molecule has 0 aliphatic carbocycles. The maximum absolute atomic E-state index is 4.16. The molecule has 0 bridgehead atoms. The SMILES string of the molecule is CC(NCc1cccnc1)c1ccnn1C. The molecule has 4 nitrogen and oxygen atoms in total. The van der Waals surface area contributed by atoms with Gasteiger partial charge in [0.2, 0.25) is 0 Å². The molecular weight excluding hydrogens is 200 g/mol. The summed E-state index contributed by atoms with van der Waals surface area (Å²) in [6, 6.07) is 6.33. The highest BCUT2D eigenvalue weighted by molar-refractivity contribution is 5.10. The Morgan fingerprint density at radius 2 is 2.25 bits per heavy atom. The van der Waals surface area contributed by atoms with Crippen LogP contribution in [0.25, 0.3) is 0 Å². The van der Waals surface area contributed by atoms with Crippen molar-refractivity contribution in [3.63, 3.8) is 0 Å². The van der Waals surface area contributed by atoms with Crippen molar-refractivity contribution in [2.75, 3.05) is 0 Å². The van der Waals surface area contributed by atoms with Gasteiger partial charge in [0, 0.05) is 38.2 Å². The Bertz CT molecular complexity index is 435. The minimum Gasteiger partial charge on any atom is -0.305 e. The van der Waals surface area contributed by atoms with Crippen LogP contribution in [0.2, 0.25) is 0 Å². The molecule has 0 radical (unpaired) electrons. The minimum atomic E-state index is 0.285. The van der Waals surface area contributed by atoms with Crippen LogP contribution in [0.3, 0.4) is 0 Å². The molecule has 2 aromatic heterocycles. The highest BCUT2D eigenvalue weighted by atomic mass is 15.3. The van der Waals surface area contributed by atoms with Crippen LogP contribution in [0.5, 0.6) is 0 Å². The topological polar surface area (TPSA) is 42.7 Å². The first kappa shape index (κ1) is 10.8. The van der Waals surface area contributed by atoms with Crippen molar-refractivity contribution in [2.45, 2.75) is 19.5 Å². The Kier molecular flexibility index (Phi) is 3.31. The lowest BCUT2D eigenvalue weighted by Crippen LogP contribution is -2.20. The average molecular weight is 216 g/mol. The van der Waals surface area contributed by atoms with E-state index in [4.69, 9.17) is 0 Å². The lowest BCUT2D eigenvalue weighted by atomic mass is 10.2. The summed E-state index contributed by atoms with van der Waals surface area (Å²) in [4.78, 5) is 4.09. The molecule has 2 rings (SSSR count). The van der Waals surface area contributed by atoms with Crippen molar-refractivity contribution in [3.05, 3.63) is 48.0 Å². The van der Waals surface area contributed by atoms with Crippen LogP contribution in [0.4, 0.5) is 0 Å². The van der Waals surface area contributed by atoms with Crippen LogP contribution in [0.15, 0.2) is 36.8 Å². The Balaban J connectivity index is 1.94. The van der Waals surface area contributed by atoms with Gasteiger partial charge in [0.25, 0.3) is 0 Å². The average Bonchev–Trinajstić information content (AvgIpc) is 2.74. The highest BCUT2D eigenvalue weighted by Gasteiger charge is 2.08. The zero-order chi connectivity index (χ0) is 11.4. The Hall–Kier alpha value is -1.68. The molecule has 84 valence electrons. The van der Waals surface area contributed by atoms with E-state index in [1.807, 2.05) is 36.3 Å².